The molecule has 0 spiro atoms. The summed E-state index contributed by atoms with van der Waals surface area (Å²) in [7, 11) is 1.53. The molecule has 0 aliphatic carbocycles. The average Bonchev–Trinajstić information content (AvgIpc) is 2.83. The first kappa shape index (κ1) is 28.0. The van der Waals surface area contributed by atoms with Gasteiger partial charge in [0.25, 0.3) is 0 Å². The SMILES string of the molecule is CCCN1CCN(C(C(=O)N(C)CCc2cc(C(F)(F)F)cc(C(F)(F)F)c2)c2ccccc2)CC1. The fourth-order valence-corrected chi connectivity index (χ4v) is 4.49. The molecule has 0 N–H and O–H groups in total. The topological polar surface area (TPSA) is 26.8 Å². The molecule has 3 rings (SSSR count). The van der Waals surface area contributed by atoms with Crippen LogP contribution in [0.25, 0.3) is 0 Å². The van der Waals surface area contributed by atoms with Crippen molar-refractivity contribution in [2.75, 3.05) is 46.3 Å². The molecule has 1 aliphatic heterocycles. The van der Waals surface area contributed by atoms with Gasteiger partial charge in [0.1, 0.15) is 6.04 Å². The number of hydrogen-bond acceptors (Lipinski definition) is 3. The highest BCUT2D eigenvalue weighted by atomic mass is 19.4. The molecule has 36 heavy (non-hydrogen) atoms. The molecule has 198 valence electrons. The van der Waals surface area contributed by atoms with Crippen molar-refractivity contribution in [1.82, 2.24) is 14.7 Å². The van der Waals surface area contributed by atoms with Gasteiger partial charge in [0, 0.05) is 39.8 Å². The third-order valence-electron chi connectivity index (χ3n) is 6.42. The molecular formula is C26H31F6N3O. The van der Waals surface area contributed by atoms with Gasteiger partial charge in [0.15, 0.2) is 0 Å². The molecule has 1 heterocycles. The summed E-state index contributed by atoms with van der Waals surface area (Å²) in [6.45, 7) is 6.07. The van der Waals surface area contributed by atoms with Crippen molar-refractivity contribution in [2.24, 2.45) is 0 Å². The van der Waals surface area contributed by atoms with E-state index in [4.69, 9.17) is 0 Å². The van der Waals surface area contributed by atoms with Crippen LogP contribution in [-0.4, -0.2) is 66.9 Å². The van der Waals surface area contributed by atoms with E-state index in [1.54, 1.807) is 0 Å². The van der Waals surface area contributed by atoms with E-state index in [2.05, 4.69) is 16.7 Å². The summed E-state index contributed by atoms with van der Waals surface area (Å²) < 4.78 is 79.2. The Morgan fingerprint density at radius 3 is 1.97 bits per heavy atom. The van der Waals surface area contributed by atoms with E-state index in [0.717, 1.165) is 43.8 Å². The number of carbonyl (C=O) groups is 1. The summed E-state index contributed by atoms with van der Waals surface area (Å²) in [6.07, 6.45) is -8.91. The summed E-state index contributed by atoms with van der Waals surface area (Å²) in [5.41, 5.74) is -2.03. The molecule has 1 saturated heterocycles. The van der Waals surface area contributed by atoms with Crippen LogP contribution >= 0.6 is 0 Å². The lowest BCUT2D eigenvalue weighted by Gasteiger charge is -2.40. The zero-order valence-corrected chi connectivity index (χ0v) is 20.4. The molecule has 1 aliphatic rings. The average molecular weight is 516 g/mol. The molecule has 0 aromatic heterocycles. The predicted octanol–water partition coefficient (Wildman–Crippen LogP) is 5.49. The van der Waals surface area contributed by atoms with E-state index >= 15 is 0 Å². The van der Waals surface area contributed by atoms with Crippen molar-refractivity contribution < 1.29 is 31.1 Å². The molecule has 0 bridgehead atoms. The van der Waals surface area contributed by atoms with Gasteiger partial charge in [-0.05, 0) is 48.7 Å². The molecule has 1 amide bonds. The third-order valence-corrected chi connectivity index (χ3v) is 6.42. The zero-order valence-electron chi connectivity index (χ0n) is 20.4. The van der Waals surface area contributed by atoms with Crippen molar-refractivity contribution in [3.63, 3.8) is 0 Å². The Morgan fingerprint density at radius 1 is 0.917 bits per heavy atom. The highest BCUT2D eigenvalue weighted by Gasteiger charge is 2.37. The number of amides is 1. The maximum Gasteiger partial charge on any atom is 0.416 e. The van der Waals surface area contributed by atoms with Crippen LogP contribution in [0.15, 0.2) is 48.5 Å². The minimum atomic E-state index is -4.91. The van der Waals surface area contributed by atoms with Crippen LogP contribution in [0.3, 0.4) is 0 Å². The maximum atomic E-state index is 13.5. The minimum absolute atomic E-state index is 0.0173. The van der Waals surface area contributed by atoms with Gasteiger partial charge in [-0.25, -0.2) is 0 Å². The second-order valence-corrected chi connectivity index (χ2v) is 9.11. The van der Waals surface area contributed by atoms with E-state index in [1.807, 2.05) is 30.3 Å². The first-order valence-electron chi connectivity index (χ1n) is 11.9. The van der Waals surface area contributed by atoms with Gasteiger partial charge in [-0.2, -0.15) is 26.3 Å². The molecular weight excluding hydrogens is 484 g/mol. The Kier molecular flexibility index (Phi) is 9.05. The lowest BCUT2D eigenvalue weighted by molar-refractivity contribution is -0.143. The van der Waals surface area contributed by atoms with Gasteiger partial charge in [-0.15, -0.1) is 0 Å². The van der Waals surface area contributed by atoms with Crippen LogP contribution < -0.4 is 0 Å². The van der Waals surface area contributed by atoms with Gasteiger partial charge >= 0.3 is 12.4 Å². The van der Waals surface area contributed by atoms with Gasteiger partial charge in [-0.1, -0.05) is 37.3 Å². The first-order chi connectivity index (χ1) is 16.9. The Labute approximate surface area is 207 Å². The van der Waals surface area contributed by atoms with Gasteiger partial charge < -0.3 is 9.80 Å². The van der Waals surface area contributed by atoms with Crippen LogP contribution in [0.5, 0.6) is 0 Å². The summed E-state index contributed by atoms with van der Waals surface area (Å²) in [5, 5.41) is 0. The molecule has 1 unspecified atom stereocenters. The number of piperazine rings is 1. The number of carbonyl (C=O) groups excluding carboxylic acids is 1. The summed E-state index contributed by atoms with van der Waals surface area (Å²) in [5.74, 6) is -0.242. The first-order valence-corrected chi connectivity index (χ1v) is 11.9. The second-order valence-electron chi connectivity index (χ2n) is 9.11. The normalized spacial score (nSPS) is 16.7. The molecule has 4 nitrogen and oxygen atoms in total. The molecule has 0 saturated carbocycles. The van der Waals surface area contributed by atoms with E-state index < -0.39 is 29.5 Å². The van der Waals surface area contributed by atoms with E-state index in [-0.39, 0.29) is 30.5 Å². The van der Waals surface area contributed by atoms with Crippen molar-refractivity contribution in [1.29, 1.82) is 0 Å². The van der Waals surface area contributed by atoms with Crippen molar-refractivity contribution in [3.05, 3.63) is 70.8 Å². The number of halogens is 6. The molecule has 2 aromatic rings. The zero-order chi connectivity index (χ0) is 26.5. The Hall–Kier alpha value is -2.59. The van der Waals surface area contributed by atoms with Gasteiger partial charge in [-0.3, -0.25) is 9.69 Å². The monoisotopic (exact) mass is 515 g/mol. The second kappa shape index (κ2) is 11.6. The fraction of sp³-hybridized carbons (Fsp3) is 0.500. The quantitative estimate of drug-likeness (QED) is 0.435. The predicted molar refractivity (Wildman–Crippen MR) is 125 cm³/mol. The van der Waals surface area contributed by atoms with Crippen molar-refractivity contribution in [2.45, 2.75) is 38.2 Å². The smallest absolute Gasteiger partial charge is 0.344 e. The minimum Gasteiger partial charge on any atom is -0.344 e. The maximum absolute atomic E-state index is 13.5. The number of alkyl halides is 6. The van der Waals surface area contributed by atoms with Crippen molar-refractivity contribution >= 4 is 5.91 Å². The Bertz CT molecular complexity index is 969. The number of rotatable bonds is 8. The third kappa shape index (κ3) is 7.22. The van der Waals surface area contributed by atoms with Crippen LogP contribution in [-0.2, 0) is 23.6 Å². The largest absolute Gasteiger partial charge is 0.416 e. The highest BCUT2D eigenvalue weighted by molar-refractivity contribution is 5.83. The molecule has 1 fully saturated rings. The Morgan fingerprint density at radius 2 is 1.47 bits per heavy atom. The van der Waals surface area contributed by atoms with Crippen LogP contribution in [0, 0.1) is 0 Å². The fourth-order valence-electron chi connectivity index (χ4n) is 4.49. The Balaban J connectivity index is 1.77. The van der Waals surface area contributed by atoms with Crippen LogP contribution in [0.4, 0.5) is 26.3 Å². The van der Waals surface area contributed by atoms with E-state index in [0.29, 0.717) is 13.1 Å². The van der Waals surface area contributed by atoms with E-state index in [1.165, 1.54) is 11.9 Å². The number of nitrogens with zero attached hydrogens (tertiary/aromatic N) is 3. The lowest BCUT2D eigenvalue weighted by atomic mass is 10.0. The molecule has 10 heteroatoms. The van der Waals surface area contributed by atoms with Gasteiger partial charge in [0.05, 0.1) is 11.1 Å². The highest BCUT2D eigenvalue weighted by Crippen LogP contribution is 2.36. The molecule has 2 aromatic carbocycles. The van der Waals surface area contributed by atoms with Crippen LogP contribution in [0.1, 0.15) is 41.6 Å². The molecule has 1 atom stereocenters. The standard InChI is InChI=1S/C26H31F6N3O/c1-3-10-34-12-14-35(15-13-34)23(20-7-5-4-6-8-20)24(36)33(2)11-9-19-16-21(25(27,28)29)18-22(17-19)26(30,31)32/h4-8,16-18,23H,3,9-15H2,1-2H3. The summed E-state index contributed by atoms with van der Waals surface area (Å²) >= 11 is 0. The lowest BCUT2D eigenvalue weighted by Crippen LogP contribution is -2.51. The molecule has 0 radical (unpaired) electrons. The van der Waals surface area contributed by atoms with Crippen LogP contribution in [0.2, 0.25) is 0 Å². The van der Waals surface area contributed by atoms with Gasteiger partial charge in [0.2, 0.25) is 5.91 Å². The summed E-state index contributed by atoms with van der Waals surface area (Å²) in [4.78, 5) is 19.3. The number of hydrogen-bond donors (Lipinski definition) is 0. The van der Waals surface area contributed by atoms with E-state index in [9.17, 15) is 31.1 Å². The van der Waals surface area contributed by atoms with Crippen molar-refractivity contribution in [3.8, 4) is 0 Å². The number of benzene rings is 2. The number of likely N-dealkylation sites (N-methyl/N-ethyl adjacent to an activating group) is 1. The summed E-state index contributed by atoms with van der Waals surface area (Å²) in [6, 6.07) is 10.2.